The average molecular weight is 426 g/mol. The van der Waals surface area contributed by atoms with E-state index in [1.54, 1.807) is 24.3 Å². The lowest BCUT2D eigenvalue weighted by Crippen LogP contribution is -2.27. The summed E-state index contributed by atoms with van der Waals surface area (Å²) < 4.78 is 25.5. The Hall–Kier alpha value is -3.23. The summed E-state index contributed by atoms with van der Waals surface area (Å²) in [6.45, 7) is 0.160. The molecule has 0 aliphatic carbocycles. The summed E-state index contributed by atoms with van der Waals surface area (Å²) in [5, 5.41) is 7.40. The number of benzene rings is 3. The van der Waals surface area contributed by atoms with E-state index in [2.05, 4.69) is 10.6 Å². The van der Waals surface area contributed by atoms with E-state index in [1.165, 1.54) is 26.2 Å². The molecule has 2 N–H and O–H groups in total. The number of nitrogens with one attached hydrogen (secondary N) is 2. The summed E-state index contributed by atoms with van der Waals surface area (Å²) in [5.41, 5.74) is 0.902. The standard InChI is InChI=1S/C22H23N3O4S/c1-25(2)30(28,29)20-9-5-8-19(15-20)24-21(26)12-13-23-22(27)18-11-10-16-6-3-4-7-17(16)14-18/h3-11,14-15H,12-13H2,1-2H3,(H,23,27)(H,24,26). The third kappa shape index (κ3) is 5.03. The topological polar surface area (TPSA) is 95.6 Å². The third-order valence-corrected chi connectivity index (χ3v) is 6.36. The average Bonchev–Trinajstić information content (AvgIpc) is 2.73. The van der Waals surface area contributed by atoms with Crippen LogP contribution in [0.5, 0.6) is 0 Å². The molecule has 0 spiro atoms. The smallest absolute Gasteiger partial charge is 0.251 e. The monoisotopic (exact) mass is 425 g/mol. The van der Waals surface area contributed by atoms with Crippen LogP contribution >= 0.6 is 0 Å². The van der Waals surface area contributed by atoms with Crippen LogP contribution in [0.1, 0.15) is 16.8 Å². The van der Waals surface area contributed by atoms with E-state index in [0.717, 1.165) is 15.1 Å². The van der Waals surface area contributed by atoms with Gasteiger partial charge in [0.15, 0.2) is 0 Å². The Bertz CT molecular complexity index is 1190. The molecule has 156 valence electrons. The van der Waals surface area contributed by atoms with Gasteiger partial charge in [0, 0.05) is 38.3 Å². The Morgan fingerprint density at radius 2 is 1.63 bits per heavy atom. The van der Waals surface area contributed by atoms with Crippen LogP contribution in [0.25, 0.3) is 10.8 Å². The van der Waals surface area contributed by atoms with E-state index in [4.69, 9.17) is 0 Å². The first-order chi connectivity index (χ1) is 14.3. The van der Waals surface area contributed by atoms with Crippen molar-refractivity contribution in [1.82, 2.24) is 9.62 Å². The van der Waals surface area contributed by atoms with Gasteiger partial charge in [0.2, 0.25) is 15.9 Å². The fourth-order valence-electron chi connectivity index (χ4n) is 2.89. The molecule has 30 heavy (non-hydrogen) atoms. The van der Waals surface area contributed by atoms with Gasteiger partial charge >= 0.3 is 0 Å². The maximum Gasteiger partial charge on any atom is 0.251 e. The van der Waals surface area contributed by atoms with Crippen molar-refractivity contribution in [2.75, 3.05) is 26.0 Å². The van der Waals surface area contributed by atoms with E-state index in [9.17, 15) is 18.0 Å². The van der Waals surface area contributed by atoms with E-state index >= 15 is 0 Å². The van der Waals surface area contributed by atoms with E-state index in [0.29, 0.717) is 11.3 Å². The molecule has 3 rings (SSSR count). The number of rotatable bonds is 7. The second-order valence-electron chi connectivity index (χ2n) is 6.93. The van der Waals surface area contributed by atoms with Gasteiger partial charge in [-0.25, -0.2) is 12.7 Å². The molecular weight excluding hydrogens is 402 g/mol. The fraction of sp³-hybridized carbons (Fsp3) is 0.182. The minimum absolute atomic E-state index is 0.0595. The van der Waals surface area contributed by atoms with Crippen LogP contribution in [0.3, 0.4) is 0 Å². The number of anilines is 1. The van der Waals surface area contributed by atoms with Crippen LogP contribution in [-0.4, -0.2) is 45.2 Å². The zero-order chi connectivity index (χ0) is 21.7. The zero-order valence-electron chi connectivity index (χ0n) is 16.8. The lowest BCUT2D eigenvalue weighted by atomic mass is 10.1. The van der Waals surface area contributed by atoms with Gasteiger partial charge in [-0.05, 0) is 41.1 Å². The molecule has 0 radical (unpaired) electrons. The maximum absolute atomic E-state index is 12.3. The molecule has 7 nitrogen and oxygen atoms in total. The molecule has 2 amide bonds. The minimum atomic E-state index is -3.58. The van der Waals surface area contributed by atoms with Crippen LogP contribution < -0.4 is 10.6 Å². The van der Waals surface area contributed by atoms with E-state index < -0.39 is 10.0 Å². The molecule has 8 heteroatoms. The Morgan fingerprint density at radius 3 is 2.37 bits per heavy atom. The molecular formula is C22H23N3O4S. The summed E-state index contributed by atoms with van der Waals surface area (Å²) in [4.78, 5) is 24.6. The Balaban J connectivity index is 1.55. The van der Waals surface area contributed by atoms with Crippen LogP contribution in [-0.2, 0) is 14.8 Å². The lowest BCUT2D eigenvalue weighted by molar-refractivity contribution is -0.116. The van der Waals surface area contributed by atoms with Crippen molar-refractivity contribution in [3.05, 3.63) is 72.3 Å². The van der Waals surface area contributed by atoms with Crippen LogP contribution in [0.15, 0.2) is 71.6 Å². The predicted molar refractivity (Wildman–Crippen MR) is 117 cm³/mol. The lowest BCUT2D eigenvalue weighted by Gasteiger charge is -2.13. The second kappa shape index (κ2) is 9.06. The second-order valence-corrected chi connectivity index (χ2v) is 9.08. The quantitative estimate of drug-likeness (QED) is 0.608. The SMILES string of the molecule is CN(C)S(=O)(=O)c1cccc(NC(=O)CCNC(=O)c2ccc3ccccc3c2)c1. The highest BCUT2D eigenvalue weighted by molar-refractivity contribution is 7.89. The third-order valence-electron chi connectivity index (χ3n) is 4.55. The number of sulfonamides is 1. The molecule has 0 aromatic heterocycles. The highest BCUT2D eigenvalue weighted by Crippen LogP contribution is 2.18. The molecule has 0 aliphatic heterocycles. The molecule has 0 bridgehead atoms. The van der Waals surface area contributed by atoms with Gasteiger partial charge < -0.3 is 10.6 Å². The molecule has 0 saturated carbocycles. The van der Waals surface area contributed by atoms with Gasteiger partial charge in [-0.2, -0.15) is 0 Å². The molecule has 0 heterocycles. The molecule has 0 fully saturated rings. The number of fused-ring (bicyclic) bond motifs is 1. The first-order valence-corrected chi connectivity index (χ1v) is 10.8. The summed E-state index contributed by atoms with van der Waals surface area (Å²) in [6.07, 6.45) is 0.0595. The molecule has 3 aromatic rings. The first-order valence-electron chi connectivity index (χ1n) is 9.37. The number of hydrogen-bond acceptors (Lipinski definition) is 4. The maximum atomic E-state index is 12.3. The van der Waals surface area contributed by atoms with E-state index in [-0.39, 0.29) is 29.7 Å². The molecule has 0 atom stereocenters. The first kappa shape index (κ1) is 21.5. The number of carbonyl (C=O) groups excluding carboxylic acids is 2. The van der Waals surface area contributed by atoms with Crippen molar-refractivity contribution in [1.29, 1.82) is 0 Å². The Kier molecular flexibility index (Phi) is 6.49. The van der Waals surface area contributed by atoms with Crippen LogP contribution in [0, 0.1) is 0 Å². The van der Waals surface area contributed by atoms with E-state index in [1.807, 2.05) is 30.3 Å². The van der Waals surface area contributed by atoms with Crippen molar-refractivity contribution in [2.24, 2.45) is 0 Å². The number of amides is 2. The zero-order valence-corrected chi connectivity index (χ0v) is 17.6. The minimum Gasteiger partial charge on any atom is -0.352 e. The summed E-state index contributed by atoms with van der Waals surface area (Å²) in [7, 11) is -0.698. The molecule has 0 unspecified atom stereocenters. The number of carbonyl (C=O) groups is 2. The van der Waals surface area contributed by atoms with Crippen LogP contribution in [0.2, 0.25) is 0 Å². The normalized spacial score (nSPS) is 11.4. The van der Waals surface area contributed by atoms with Crippen LogP contribution in [0.4, 0.5) is 5.69 Å². The van der Waals surface area contributed by atoms with Crippen molar-refractivity contribution in [3.8, 4) is 0 Å². The van der Waals surface area contributed by atoms with Crippen molar-refractivity contribution < 1.29 is 18.0 Å². The fourth-order valence-corrected chi connectivity index (χ4v) is 3.84. The predicted octanol–water partition coefficient (Wildman–Crippen LogP) is 2.85. The Labute approximate surface area is 175 Å². The molecule has 0 saturated heterocycles. The van der Waals surface area contributed by atoms with Gasteiger partial charge in [0.25, 0.3) is 5.91 Å². The van der Waals surface area contributed by atoms with Gasteiger partial charge in [0.1, 0.15) is 0 Å². The summed E-state index contributed by atoms with van der Waals surface area (Å²) >= 11 is 0. The summed E-state index contributed by atoms with van der Waals surface area (Å²) in [5.74, 6) is -0.583. The van der Waals surface area contributed by atoms with Gasteiger partial charge in [-0.15, -0.1) is 0 Å². The Morgan fingerprint density at radius 1 is 0.900 bits per heavy atom. The summed E-state index contributed by atoms with van der Waals surface area (Å²) in [6, 6.07) is 19.2. The number of hydrogen-bond donors (Lipinski definition) is 2. The molecule has 3 aromatic carbocycles. The highest BCUT2D eigenvalue weighted by Gasteiger charge is 2.17. The van der Waals surface area contributed by atoms with Crippen molar-refractivity contribution in [2.45, 2.75) is 11.3 Å². The number of nitrogens with zero attached hydrogens (tertiary/aromatic N) is 1. The molecule has 0 aliphatic rings. The van der Waals surface area contributed by atoms with Gasteiger partial charge in [-0.3, -0.25) is 9.59 Å². The van der Waals surface area contributed by atoms with Gasteiger partial charge in [-0.1, -0.05) is 36.4 Å². The largest absolute Gasteiger partial charge is 0.352 e. The highest BCUT2D eigenvalue weighted by atomic mass is 32.2. The van der Waals surface area contributed by atoms with Crippen molar-refractivity contribution >= 4 is 38.3 Å². The van der Waals surface area contributed by atoms with Crippen molar-refractivity contribution in [3.63, 3.8) is 0 Å². The van der Waals surface area contributed by atoms with Gasteiger partial charge in [0.05, 0.1) is 4.90 Å².